The van der Waals surface area contributed by atoms with Crippen LogP contribution in [0.2, 0.25) is 0 Å². The minimum absolute atomic E-state index is 0.0341. The zero-order valence-electron chi connectivity index (χ0n) is 19.1. The lowest BCUT2D eigenvalue weighted by Crippen LogP contribution is -2.54. The van der Waals surface area contributed by atoms with Crippen molar-refractivity contribution in [3.63, 3.8) is 0 Å². The highest BCUT2D eigenvalue weighted by molar-refractivity contribution is 5.99. The lowest BCUT2D eigenvalue weighted by Gasteiger charge is -2.33. The molecule has 1 aliphatic heterocycles. The van der Waals surface area contributed by atoms with Crippen LogP contribution >= 0.6 is 0 Å². The lowest BCUT2D eigenvalue weighted by atomic mass is 10.00. The number of benzene rings is 1. The number of nitrogens with one attached hydrogen (secondary N) is 3. The topological polar surface area (TPSA) is 99.8 Å². The normalized spacial score (nSPS) is 15.9. The van der Waals surface area contributed by atoms with Crippen LogP contribution in [0, 0.1) is 5.92 Å². The third-order valence-corrected chi connectivity index (χ3v) is 5.46. The number of likely N-dealkylation sites (tertiary alicyclic amines) is 1. The van der Waals surface area contributed by atoms with Crippen LogP contribution in [-0.2, 0) is 9.59 Å². The highest BCUT2D eigenvalue weighted by Crippen LogP contribution is 2.18. The van der Waals surface area contributed by atoms with Gasteiger partial charge in [0.15, 0.2) is 0 Å². The Morgan fingerprint density at radius 3 is 2.45 bits per heavy atom. The predicted octanol–water partition coefficient (Wildman–Crippen LogP) is 1.56. The molecule has 8 nitrogen and oxygen atoms in total. The monoisotopic (exact) mass is 432 g/mol. The molecule has 1 heterocycles. The number of amides is 3. The molecule has 31 heavy (non-hydrogen) atoms. The van der Waals surface area contributed by atoms with Gasteiger partial charge < -0.3 is 20.7 Å². The zero-order chi connectivity index (χ0) is 22.8. The van der Waals surface area contributed by atoms with Gasteiger partial charge in [-0.05, 0) is 37.3 Å². The maximum absolute atomic E-state index is 12.9. The molecule has 1 unspecified atom stereocenters. The van der Waals surface area contributed by atoms with Crippen LogP contribution in [0.1, 0.15) is 50.4 Å². The molecule has 8 heteroatoms. The first kappa shape index (κ1) is 24.7. The van der Waals surface area contributed by atoms with Gasteiger partial charge in [0, 0.05) is 25.7 Å². The third-order valence-electron chi connectivity index (χ3n) is 5.46. The third kappa shape index (κ3) is 7.54. The second kappa shape index (κ2) is 12.3. The molecule has 1 aromatic carbocycles. The maximum atomic E-state index is 12.9. The molecular formula is C23H36N4O4. The highest BCUT2D eigenvalue weighted by Gasteiger charge is 2.29. The van der Waals surface area contributed by atoms with Gasteiger partial charge in [0.05, 0.1) is 19.2 Å². The fourth-order valence-electron chi connectivity index (χ4n) is 3.64. The molecule has 3 amide bonds. The van der Waals surface area contributed by atoms with Crippen molar-refractivity contribution in [2.45, 2.75) is 52.1 Å². The smallest absolute Gasteiger partial charge is 0.255 e. The van der Waals surface area contributed by atoms with Gasteiger partial charge in [-0.3, -0.25) is 19.3 Å². The first-order valence-corrected chi connectivity index (χ1v) is 11.1. The van der Waals surface area contributed by atoms with E-state index < -0.39 is 6.04 Å². The average Bonchev–Trinajstić information content (AvgIpc) is 2.76. The number of hydrogen-bond donors (Lipinski definition) is 3. The quantitative estimate of drug-likeness (QED) is 0.521. The van der Waals surface area contributed by atoms with E-state index in [2.05, 4.69) is 20.9 Å². The van der Waals surface area contributed by atoms with E-state index in [4.69, 9.17) is 4.74 Å². The summed E-state index contributed by atoms with van der Waals surface area (Å²) in [5.41, 5.74) is 0.401. The predicted molar refractivity (Wildman–Crippen MR) is 120 cm³/mol. The largest absolute Gasteiger partial charge is 0.496 e. The minimum atomic E-state index is -0.643. The van der Waals surface area contributed by atoms with Crippen molar-refractivity contribution in [3.8, 4) is 5.75 Å². The second-order valence-corrected chi connectivity index (χ2v) is 8.30. The Hall–Kier alpha value is -2.61. The van der Waals surface area contributed by atoms with Crippen LogP contribution < -0.4 is 20.7 Å². The molecular weight excluding hydrogens is 396 g/mol. The molecule has 0 saturated carbocycles. The number of carbonyl (C=O) groups excluding carboxylic acids is 3. The molecule has 2 rings (SSSR count). The van der Waals surface area contributed by atoms with Gasteiger partial charge in [-0.15, -0.1) is 0 Å². The summed E-state index contributed by atoms with van der Waals surface area (Å²) < 4.78 is 5.26. The van der Waals surface area contributed by atoms with E-state index >= 15 is 0 Å². The van der Waals surface area contributed by atoms with Crippen molar-refractivity contribution < 1.29 is 19.1 Å². The summed E-state index contributed by atoms with van der Waals surface area (Å²) in [6.45, 7) is 8.44. The number of methoxy groups -OCH3 is 1. The van der Waals surface area contributed by atoms with Gasteiger partial charge in [-0.1, -0.05) is 32.9 Å². The van der Waals surface area contributed by atoms with E-state index in [1.165, 1.54) is 7.11 Å². The van der Waals surface area contributed by atoms with Crippen molar-refractivity contribution in [1.29, 1.82) is 0 Å². The SMILES string of the molecule is CCCNC(=O)CN1CCC(NC(=O)C(NC(=O)c2ccccc2OC)C(C)C)CC1. The van der Waals surface area contributed by atoms with Crippen molar-refractivity contribution >= 4 is 17.7 Å². The van der Waals surface area contributed by atoms with Crippen LogP contribution in [0.25, 0.3) is 0 Å². The van der Waals surface area contributed by atoms with Gasteiger partial charge in [0.1, 0.15) is 11.8 Å². The Labute approximate surface area is 185 Å². The molecule has 0 bridgehead atoms. The highest BCUT2D eigenvalue weighted by atomic mass is 16.5. The molecule has 0 radical (unpaired) electrons. The Morgan fingerprint density at radius 2 is 1.84 bits per heavy atom. The van der Waals surface area contributed by atoms with E-state index in [0.717, 1.165) is 32.4 Å². The van der Waals surface area contributed by atoms with Crippen LogP contribution in [0.4, 0.5) is 0 Å². The zero-order valence-corrected chi connectivity index (χ0v) is 19.1. The molecule has 1 aromatic rings. The molecule has 0 aromatic heterocycles. The second-order valence-electron chi connectivity index (χ2n) is 8.30. The number of rotatable bonds is 10. The Bertz CT molecular complexity index is 745. The summed E-state index contributed by atoms with van der Waals surface area (Å²) in [4.78, 5) is 39.7. The summed E-state index contributed by atoms with van der Waals surface area (Å²) >= 11 is 0. The Morgan fingerprint density at radius 1 is 1.16 bits per heavy atom. The van der Waals surface area contributed by atoms with E-state index in [0.29, 0.717) is 24.4 Å². The first-order chi connectivity index (χ1) is 14.8. The molecule has 3 N–H and O–H groups in total. The van der Waals surface area contributed by atoms with E-state index in [9.17, 15) is 14.4 Å². The van der Waals surface area contributed by atoms with Crippen molar-refractivity contribution in [2.24, 2.45) is 5.92 Å². The fraction of sp³-hybridized carbons (Fsp3) is 0.609. The molecule has 172 valence electrons. The van der Waals surface area contributed by atoms with Gasteiger partial charge in [0.2, 0.25) is 11.8 Å². The number of piperidine rings is 1. The molecule has 1 saturated heterocycles. The van der Waals surface area contributed by atoms with E-state index in [1.807, 2.05) is 20.8 Å². The maximum Gasteiger partial charge on any atom is 0.255 e. The number of hydrogen-bond acceptors (Lipinski definition) is 5. The molecule has 1 fully saturated rings. The van der Waals surface area contributed by atoms with Gasteiger partial charge in [0.25, 0.3) is 5.91 Å². The van der Waals surface area contributed by atoms with Gasteiger partial charge >= 0.3 is 0 Å². The summed E-state index contributed by atoms with van der Waals surface area (Å²) in [5.74, 6) is -0.0703. The number of ether oxygens (including phenoxy) is 1. The minimum Gasteiger partial charge on any atom is -0.496 e. The fourth-order valence-corrected chi connectivity index (χ4v) is 3.64. The lowest BCUT2D eigenvalue weighted by molar-refractivity contribution is -0.126. The van der Waals surface area contributed by atoms with Crippen molar-refractivity contribution in [3.05, 3.63) is 29.8 Å². The molecule has 0 spiro atoms. The Balaban J connectivity index is 1.87. The van der Waals surface area contributed by atoms with Crippen LogP contribution in [0.3, 0.4) is 0 Å². The van der Waals surface area contributed by atoms with Crippen LogP contribution in [-0.4, -0.2) is 68.0 Å². The van der Waals surface area contributed by atoms with Gasteiger partial charge in [-0.2, -0.15) is 0 Å². The van der Waals surface area contributed by atoms with E-state index in [-0.39, 0.29) is 29.7 Å². The summed E-state index contributed by atoms with van der Waals surface area (Å²) in [7, 11) is 1.51. The molecule has 1 aliphatic rings. The number of nitrogens with zero attached hydrogens (tertiary/aromatic N) is 1. The summed E-state index contributed by atoms with van der Waals surface area (Å²) in [5, 5.41) is 8.83. The standard InChI is InChI=1S/C23H36N4O4/c1-5-12-24-20(28)15-27-13-10-17(11-14-27)25-23(30)21(16(2)3)26-22(29)18-8-6-7-9-19(18)31-4/h6-9,16-17,21H,5,10-15H2,1-4H3,(H,24,28)(H,25,30)(H,26,29). The van der Waals surface area contributed by atoms with Crippen molar-refractivity contribution in [1.82, 2.24) is 20.9 Å². The molecule has 1 atom stereocenters. The van der Waals surface area contributed by atoms with Gasteiger partial charge in [-0.25, -0.2) is 0 Å². The Kier molecular flexibility index (Phi) is 9.78. The summed E-state index contributed by atoms with van der Waals surface area (Å²) in [6, 6.07) is 6.34. The van der Waals surface area contributed by atoms with Crippen LogP contribution in [0.5, 0.6) is 5.75 Å². The average molecular weight is 433 g/mol. The van der Waals surface area contributed by atoms with E-state index in [1.54, 1.807) is 24.3 Å². The first-order valence-electron chi connectivity index (χ1n) is 11.1. The summed E-state index contributed by atoms with van der Waals surface area (Å²) in [6.07, 6.45) is 2.47. The van der Waals surface area contributed by atoms with Crippen LogP contribution in [0.15, 0.2) is 24.3 Å². The van der Waals surface area contributed by atoms with Crippen molar-refractivity contribution in [2.75, 3.05) is 33.3 Å². The number of para-hydroxylation sites is 1. The number of carbonyl (C=O) groups is 3. The molecule has 0 aliphatic carbocycles.